The molecule has 3 aliphatic rings. The van der Waals surface area contributed by atoms with Crippen molar-refractivity contribution in [2.24, 2.45) is 11.8 Å². The third kappa shape index (κ3) is 5.21. The first-order valence-corrected chi connectivity index (χ1v) is 11.5. The van der Waals surface area contributed by atoms with Crippen molar-refractivity contribution >= 4 is 35.7 Å². The van der Waals surface area contributed by atoms with Crippen molar-refractivity contribution in [3.05, 3.63) is 72.3 Å². The van der Waals surface area contributed by atoms with Crippen LogP contribution in [0.5, 0.6) is 5.75 Å². The van der Waals surface area contributed by atoms with Crippen LogP contribution in [0.15, 0.2) is 61.2 Å². The number of ether oxygens (including phenoxy) is 1. The van der Waals surface area contributed by atoms with E-state index in [-0.39, 0.29) is 30.9 Å². The fraction of sp³-hybridized carbons (Fsp3) is 0.370. The van der Waals surface area contributed by atoms with Crippen molar-refractivity contribution in [3.63, 3.8) is 0 Å². The topological polar surface area (TPSA) is 45.6 Å². The molecule has 194 valence electrons. The first-order valence-electron chi connectivity index (χ1n) is 11.5. The van der Waals surface area contributed by atoms with Crippen LogP contribution in [0.4, 0.5) is 13.2 Å². The minimum Gasteiger partial charge on any atom is -0.497 e. The number of aliphatic hydroxyl groups excluding tert-OH is 1. The molecule has 1 unspecified atom stereocenters. The summed E-state index contributed by atoms with van der Waals surface area (Å²) in [4.78, 5) is 7.03. The van der Waals surface area contributed by atoms with Crippen molar-refractivity contribution in [3.8, 4) is 17.0 Å². The molecule has 1 N–H and O–H groups in total. The number of nitrogens with zero attached hydrogens (tertiary/aromatic N) is 2. The van der Waals surface area contributed by atoms with E-state index >= 15 is 0 Å². The third-order valence-electron chi connectivity index (χ3n) is 7.39. The number of halogens is 5. The van der Waals surface area contributed by atoms with E-state index < -0.39 is 17.8 Å². The Hall–Kier alpha value is -2.32. The number of rotatable bonds is 5. The van der Waals surface area contributed by atoms with E-state index in [0.29, 0.717) is 39.9 Å². The Morgan fingerprint density at radius 2 is 1.86 bits per heavy atom. The van der Waals surface area contributed by atoms with Gasteiger partial charge in [-0.3, -0.25) is 4.90 Å². The molecule has 36 heavy (non-hydrogen) atoms. The fourth-order valence-corrected chi connectivity index (χ4v) is 5.49. The highest BCUT2D eigenvalue weighted by atomic mass is 35.5. The summed E-state index contributed by atoms with van der Waals surface area (Å²) in [5.41, 5.74) is 1.76. The minimum absolute atomic E-state index is 0. The molecule has 3 aliphatic heterocycles. The average molecular weight is 541 g/mol. The lowest BCUT2D eigenvalue weighted by Gasteiger charge is -2.50. The standard InChI is InChI=1S/C27H27F3N2O2.2ClH/c1-3-16-15-32-11-10-18(16)12-25(32)26(33)22-14-24(17-4-6-19(7-5-17)27(28,29)30)31-23-9-8-20(34-2)13-21(22)23;;/h3-9,13-14,16,18,25-26,33H,1,10-12,15H2,2H3;2*1H/t16-,18-,25-,26+;;/m0../s1. The maximum Gasteiger partial charge on any atom is 0.416 e. The number of methoxy groups -OCH3 is 1. The largest absolute Gasteiger partial charge is 0.497 e. The van der Waals surface area contributed by atoms with E-state index in [1.807, 2.05) is 24.3 Å². The monoisotopic (exact) mass is 540 g/mol. The number of benzene rings is 2. The van der Waals surface area contributed by atoms with Crippen LogP contribution >= 0.6 is 24.8 Å². The van der Waals surface area contributed by atoms with Gasteiger partial charge in [-0.05, 0) is 73.2 Å². The van der Waals surface area contributed by atoms with Crippen LogP contribution in [0, 0.1) is 11.8 Å². The summed E-state index contributed by atoms with van der Waals surface area (Å²) in [6, 6.07) is 12.2. The van der Waals surface area contributed by atoms with Gasteiger partial charge in [-0.15, -0.1) is 31.4 Å². The van der Waals surface area contributed by atoms with Gasteiger partial charge >= 0.3 is 6.18 Å². The first-order chi connectivity index (χ1) is 16.3. The highest BCUT2D eigenvalue weighted by Gasteiger charge is 2.42. The molecule has 3 fully saturated rings. The van der Waals surface area contributed by atoms with E-state index in [0.717, 1.165) is 43.5 Å². The molecule has 4 nitrogen and oxygen atoms in total. The second-order valence-corrected chi connectivity index (χ2v) is 9.25. The number of hydrogen-bond donors (Lipinski definition) is 1. The van der Waals surface area contributed by atoms with Crippen molar-refractivity contribution in [1.82, 2.24) is 9.88 Å². The molecule has 1 aromatic heterocycles. The number of aromatic nitrogens is 1. The van der Waals surface area contributed by atoms with E-state index in [4.69, 9.17) is 9.72 Å². The van der Waals surface area contributed by atoms with Crippen molar-refractivity contribution in [1.29, 1.82) is 0 Å². The smallest absolute Gasteiger partial charge is 0.416 e. The number of hydrogen-bond acceptors (Lipinski definition) is 4. The van der Waals surface area contributed by atoms with Gasteiger partial charge in [0.05, 0.1) is 30.0 Å². The summed E-state index contributed by atoms with van der Waals surface area (Å²) in [6.45, 7) is 5.80. The van der Waals surface area contributed by atoms with Gasteiger partial charge in [-0.2, -0.15) is 13.2 Å². The van der Waals surface area contributed by atoms with Crippen LogP contribution in [0.1, 0.15) is 30.1 Å². The van der Waals surface area contributed by atoms with E-state index in [1.165, 1.54) is 12.1 Å². The first kappa shape index (κ1) is 28.3. The molecule has 3 saturated heterocycles. The van der Waals surface area contributed by atoms with Gasteiger partial charge in [0.25, 0.3) is 0 Å². The van der Waals surface area contributed by atoms with Crippen molar-refractivity contribution in [2.75, 3.05) is 20.2 Å². The maximum absolute atomic E-state index is 13.0. The van der Waals surface area contributed by atoms with Crippen molar-refractivity contribution in [2.45, 2.75) is 31.2 Å². The lowest BCUT2D eigenvalue weighted by molar-refractivity contribution is -0.137. The molecular formula is C27H29Cl2F3N2O2. The Morgan fingerprint density at radius 1 is 1.14 bits per heavy atom. The predicted octanol–water partition coefficient (Wildman–Crippen LogP) is 6.70. The minimum atomic E-state index is -4.40. The number of piperidine rings is 3. The molecule has 5 atom stereocenters. The van der Waals surface area contributed by atoms with Gasteiger partial charge in [0.1, 0.15) is 5.75 Å². The van der Waals surface area contributed by atoms with Gasteiger partial charge in [0.15, 0.2) is 0 Å². The summed E-state index contributed by atoms with van der Waals surface area (Å²) < 4.78 is 44.5. The lowest BCUT2D eigenvalue weighted by atomic mass is 9.73. The zero-order valence-electron chi connectivity index (χ0n) is 19.7. The van der Waals surface area contributed by atoms with E-state index in [2.05, 4.69) is 11.5 Å². The lowest BCUT2D eigenvalue weighted by Crippen LogP contribution is -2.54. The summed E-state index contributed by atoms with van der Waals surface area (Å²) in [6.07, 6.45) is -1.16. The maximum atomic E-state index is 13.0. The normalized spacial score (nSPS) is 23.9. The molecule has 0 saturated carbocycles. The second kappa shape index (κ2) is 11.0. The number of fused-ring (bicyclic) bond motifs is 4. The molecule has 4 heterocycles. The Labute approximate surface area is 221 Å². The molecule has 0 aliphatic carbocycles. The van der Waals surface area contributed by atoms with Crippen LogP contribution in [-0.2, 0) is 6.18 Å². The summed E-state index contributed by atoms with van der Waals surface area (Å²) in [5.74, 6) is 1.59. The highest BCUT2D eigenvalue weighted by Crippen LogP contribution is 2.43. The Morgan fingerprint density at radius 3 is 2.44 bits per heavy atom. The van der Waals surface area contributed by atoms with Gasteiger partial charge in [-0.25, -0.2) is 4.98 Å². The molecule has 0 spiro atoms. The van der Waals surface area contributed by atoms with Crippen LogP contribution in [0.2, 0.25) is 0 Å². The molecule has 3 aromatic rings. The molecule has 0 amide bonds. The number of alkyl halides is 3. The van der Waals surface area contributed by atoms with Gasteiger partial charge < -0.3 is 9.84 Å². The SMILES string of the molecule is C=C[C@H]1CN2CC[C@H]1C[C@H]2[C@H](O)c1cc(-c2ccc(C(F)(F)F)cc2)nc2ccc(OC)cc12.Cl.Cl. The van der Waals surface area contributed by atoms with Crippen LogP contribution < -0.4 is 4.74 Å². The summed E-state index contributed by atoms with van der Waals surface area (Å²) >= 11 is 0. The van der Waals surface area contributed by atoms with E-state index in [9.17, 15) is 18.3 Å². The fourth-order valence-electron chi connectivity index (χ4n) is 5.49. The molecule has 6 rings (SSSR count). The molecule has 2 aromatic carbocycles. The number of aliphatic hydroxyl groups is 1. The van der Waals surface area contributed by atoms with Gasteiger partial charge in [-0.1, -0.05) is 18.2 Å². The van der Waals surface area contributed by atoms with E-state index in [1.54, 1.807) is 13.2 Å². The molecule has 9 heteroatoms. The molecule has 2 bridgehead atoms. The van der Waals surface area contributed by atoms with Crippen LogP contribution in [-0.4, -0.2) is 41.2 Å². The Kier molecular flexibility index (Phi) is 8.61. The highest BCUT2D eigenvalue weighted by molar-refractivity contribution is 5.87. The number of pyridine rings is 1. The quantitative estimate of drug-likeness (QED) is 0.365. The zero-order valence-corrected chi connectivity index (χ0v) is 21.4. The zero-order chi connectivity index (χ0) is 24.0. The Balaban J connectivity index is 0.00000180. The second-order valence-electron chi connectivity index (χ2n) is 9.25. The Bertz CT molecular complexity index is 1220. The van der Waals surface area contributed by atoms with Crippen LogP contribution in [0.25, 0.3) is 22.2 Å². The van der Waals surface area contributed by atoms with Crippen LogP contribution in [0.3, 0.4) is 0 Å². The predicted molar refractivity (Wildman–Crippen MR) is 140 cm³/mol. The van der Waals surface area contributed by atoms with Crippen molar-refractivity contribution < 1.29 is 23.0 Å². The molecule has 0 radical (unpaired) electrons. The average Bonchev–Trinajstić information content (AvgIpc) is 2.87. The summed E-state index contributed by atoms with van der Waals surface area (Å²) in [7, 11) is 1.59. The van der Waals surface area contributed by atoms with Gasteiger partial charge in [0.2, 0.25) is 0 Å². The molecular weight excluding hydrogens is 512 g/mol. The summed E-state index contributed by atoms with van der Waals surface area (Å²) in [5, 5.41) is 12.4. The van der Waals surface area contributed by atoms with Gasteiger partial charge in [0, 0.05) is 23.5 Å². The third-order valence-corrected chi connectivity index (χ3v) is 7.39.